The summed E-state index contributed by atoms with van der Waals surface area (Å²) in [5.41, 5.74) is 0. The van der Waals surface area contributed by atoms with E-state index in [1.54, 1.807) is 0 Å². The van der Waals surface area contributed by atoms with Gasteiger partial charge in [-0.2, -0.15) is 0 Å². The SMILES string of the molecule is OC(CNC1CCCCC1)CN1CCOCC1. The van der Waals surface area contributed by atoms with Gasteiger partial charge in [0, 0.05) is 32.2 Å². The molecule has 0 amide bonds. The summed E-state index contributed by atoms with van der Waals surface area (Å²) < 4.78 is 5.30. The molecule has 1 atom stereocenters. The van der Waals surface area contributed by atoms with E-state index in [9.17, 15) is 5.11 Å². The predicted molar refractivity (Wildman–Crippen MR) is 68.1 cm³/mol. The zero-order chi connectivity index (χ0) is 11.9. The van der Waals surface area contributed by atoms with E-state index in [2.05, 4.69) is 10.2 Å². The van der Waals surface area contributed by atoms with Crippen molar-refractivity contribution in [1.29, 1.82) is 0 Å². The van der Waals surface area contributed by atoms with Gasteiger partial charge >= 0.3 is 0 Å². The lowest BCUT2D eigenvalue weighted by atomic mass is 9.95. The lowest BCUT2D eigenvalue weighted by Gasteiger charge is -2.30. The van der Waals surface area contributed by atoms with E-state index in [1.807, 2.05) is 0 Å². The van der Waals surface area contributed by atoms with E-state index in [4.69, 9.17) is 4.74 Å². The maximum atomic E-state index is 9.99. The number of hydrogen-bond acceptors (Lipinski definition) is 4. The first kappa shape index (κ1) is 13.3. The van der Waals surface area contributed by atoms with Gasteiger partial charge in [0.2, 0.25) is 0 Å². The van der Waals surface area contributed by atoms with Crippen LogP contribution in [-0.4, -0.2) is 61.5 Å². The fraction of sp³-hybridized carbons (Fsp3) is 1.00. The number of rotatable bonds is 5. The van der Waals surface area contributed by atoms with E-state index in [-0.39, 0.29) is 6.10 Å². The first-order valence-electron chi connectivity index (χ1n) is 7.06. The first-order valence-corrected chi connectivity index (χ1v) is 7.06. The highest BCUT2D eigenvalue weighted by Gasteiger charge is 2.17. The zero-order valence-corrected chi connectivity index (χ0v) is 10.7. The smallest absolute Gasteiger partial charge is 0.0791 e. The Labute approximate surface area is 104 Å². The highest BCUT2D eigenvalue weighted by Crippen LogP contribution is 2.17. The average Bonchev–Trinajstić information content (AvgIpc) is 2.39. The molecule has 0 aromatic rings. The largest absolute Gasteiger partial charge is 0.390 e. The highest BCUT2D eigenvalue weighted by molar-refractivity contribution is 4.75. The fourth-order valence-corrected chi connectivity index (χ4v) is 2.76. The summed E-state index contributed by atoms with van der Waals surface area (Å²) in [6, 6.07) is 0.642. The molecule has 2 rings (SSSR count). The van der Waals surface area contributed by atoms with Gasteiger partial charge in [-0.1, -0.05) is 19.3 Å². The zero-order valence-electron chi connectivity index (χ0n) is 10.7. The molecule has 1 saturated heterocycles. The van der Waals surface area contributed by atoms with Crippen LogP contribution in [0.5, 0.6) is 0 Å². The van der Waals surface area contributed by atoms with Crippen LogP contribution in [-0.2, 0) is 4.74 Å². The van der Waals surface area contributed by atoms with Gasteiger partial charge in [0.15, 0.2) is 0 Å². The van der Waals surface area contributed by atoms with Crippen LogP contribution in [0.15, 0.2) is 0 Å². The quantitative estimate of drug-likeness (QED) is 0.741. The molecule has 1 saturated carbocycles. The standard InChI is InChI=1S/C13H26N2O2/c16-13(11-15-6-8-17-9-7-15)10-14-12-4-2-1-3-5-12/h12-14,16H,1-11H2. The fourth-order valence-electron chi connectivity index (χ4n) is 2.76. The van der Waals surface area contributed by atoms with Crippen LogP contribution in [0.25, 0.3) is 0 Å². The minimum Gasteiger partial charge on any atom is -0.390 e. The van der Waals surface area contributed by atoms with Crippen LogP contribution in [0.2, 0.25) is 0 Å². The summed E-state index contributed by atoms with van der Waals surface area (Å²) in [4.78, 5) is 2.29. The minimum atomic E-state index is -0.241. The second kappa shape index (κ2) is 7.31. The molecule has 0 bridgehead atoms. The monoisotopic (exact) mass is 242 g/mol. The van der Waals surface area contributed by atoms with Gasteiger partial charge in [-0.15, -0.1) is 0 Å². The molecule has 17 heavy (non-hydrogen) atoms. The molecule has 4 nitrogen and oxygen atoms in total. The van der Waals surface area contributed by atoms with Gasteiger partial charge in [-0.25, -0.2) is 0 Å². The van der Waals surface area contributed by atoms with Gasteiger partial charge in [0.25, 0.3) is 0 Å². The van der Waals surface area contributed by atoms with Gasteiger partial charge in [0.1, 0.15) is 0 Å². The van der Waals surface area contributed by atoms with Crippen molar-refractivity contribution >= 4 is 0 Å². The number of nitrogens with zero attached hydrogens (tertiary/aromatic N) is 1. The summed E-state index contributed by atoms with van der Waals surface area (Å²) in [6.07, 6.45) is 6.40. The van der Waals surface area contributed by atoms with Crippen LogP contribution in [0.3, 0.4) is 0 Å². The Kier molecular flexibility index (Phi) is 5.71. The molecule has 0 spiro atoms. The number of β-amino-alcohol motifs (C(OH)–C–C–N with tert-alkyl or cyclic N) is 1. The van der Waals surface area contributed by atoms with E-state index in [0.29, 0.717) is 6.04 Å². The van der Waals surface area contributed by atoms with Crippen molar-refractivity contribution in [2.45, 2.75) is 44.2 Å². The third-order valence-corrected chi connectivity index (χ3v) is 3.82. The van der Waals surface area contributed by atoms with Gasteiger partial charge in [0.05, 0.1) is 19.3 Å². The number of ether oxygens (including phenoxy) is 1. The first-order chi connectivity index (χ1) is 8.34. The summed E-state index contributed by atoms with van der Waals surface area (Å²) in [5.74, 6) is 0. The molecule has 2 aliphatic rings. The topological polar surface area (TPSA) is 44.7 Å². The van der Waals surface area contributed by atoms with E-state index in [0.717, 1.165) is 39.4 Å². The van der Waals surface area contributed by atoms with Crippen LogP contribution >= 0.6 is 0 Å². The highest BCUT2D eigenvalue weighted by atomic mass is 16.5. The third-order valence-electron chi connectivity index (χ3n) is 3.82. The molecule has 1 unspecified atom stereocenters. The number of nitrogens with one attached hydrogen (secondary N) is 1. The molecule has 2 fully saturated rings. The van der Waals surface area contributed by atoms with Crippen LogP contribution in [0.4, 0.5) is 0 Å². The third kappa shape index (κ3) is 4.92. The number of hydrogen-bond donors (Lipinski definition) is 2. The normalized spacial score (nSPS) is 25.9. The molecule has 0 aromatic carbocycles. The summed E-state index contributed by atoms with van der Waals surface area (Å²) in [5, 5.41) is 13.5. The Bertz CT molecular complexity index is 202. The van der Waals surface area contributed by atoms with Crippen LogP contribution in [0, 0.1) is 0 Å². The van der Waals surface area contributed by atoms with Gasteiger partial charge in [-0.05, 0) is 12.8 Å². The van der Waals surface area contributed by atoms with Crippen molar-refractivity contribution in [1.82, 2.24) is 10.2 Å². The Morgan fingerprint density at radius 2 is 1.88 bits per heavy atom. The van der Waals surface area contributed by atoms with Crippen molar-refractivity contribution in [3.8, 4) is 0 Å². The van der Waals surface area contributed by atoms with E-state index in [1.165, 1.54) is 32.1 Å². The Morgan fingerprint density at radius 1 is 1.18 bits per heavy atom. The molecular formula is C13H26N2O2. The van der Waals surface area contributed by atoms with Crippen molar-refractivity contribution in [3.05, 3.63) is 0 Å². The number of morpholine rings is 1. The lowest BCUT2D eigenvalue weighted by Crippen LogP contribution is -2.45. The molecule has 1 aliphatic carbocycles. The Hall–Kier alpha value is -0.160. The molecule has 1 heterocycles. The molecule has 2 N–H and O–H groups in total. The Morgan fingerprint density at radius 3 is 2.59 bits per heavy atom. The number of aliphatic hydroxyl groups is 1. The van der Waals surface area contributed by atoms with Crippen molar-refractivity contribution in [2.24, 2.45) is 0 Å². The molecule has 0 aromatic heterocycles. The second-order valence-corrected chi connectivity index (χ2v) is 5.31. The lowest BCUT2D eigenvalue weighted by molar-refractivity contribution is 0.0142. The van der Waals surface area contributed by atoms with Crippen LogP contribution < -0.4 is 5.32 Å². The summed E-state index contributed by atoms with van der Waals surface area (Å²) in [6.45, 7) is 5.05. The predicted octanol–water partition coefficient (Wildman–Crippen LogP) is 0.602. The van der Waals surface area contributed by atoms with Crippen molar-refractivity contribution in [3.63, 3.8) is 0 Å². The number of aliphatic hydroxyl groups excluding tert-OH is 1. The maximum Gasteiger partial charge on any atom is 0.0791 e. The summed E-state index contributed by atoms with van der Waals surface area (Å²) >= 11 is 0. The van der Waals surface area contributed by atoms with Crippen molar-refractivity contribution in [2.75, 3.05) is 39.4 Å². The maximum absolute atomic E-state index is 9.99. The molecule has 1 aliphatic heterocycles. The van der Waals surface area contributed by atoms with E-state index >= 15 is 0 Å². The van der Waals surface area contributed by atoms with Gasteiger partial charge in [-0.3, -0.25) is 4.90 Å². The molecule has 4 heteroatoms. The second-order valence-electron chi connectivity index (χ2n) is 5.31. The molecular weight excluding hydrogens is 216 g/mol. The van der Waals surface area contributed by atoms with E-state index < -0.39 is 0 Å². The van der Waals surface area contributed by atoms with Crippen LogP contribution in [0.1, 0.15) is 32.1 Å². The summed E-state index contributed by atoms with van der Waals surface area (Å²) in [7, 11) is 0. The van der Waals surface area contributed by atoms with Crippen molar-refractivity contribution < 1.29 is 9.84 Å². The minimum absolute atomic E-state index is 0.241. The molecule has 100 valence electrons. The molecule has 0 radical (unpaired) electrons. The van der Waals surface area contributed by atoms with Gasteiger partial charge < -0.3 is 15.2 Å². The average molecular weight is 242 g/mol. The Balaban J connectivity index is 1.57.